The van der Waals surface area contributed by atoms with Crippen LogP contribution in [0.15, 0.2) is 18.2 Å². The molecule has 3 heterocycles. The van der Waals surface area contributed by atoms with Gasteiger partial charge in [0, 0.05) is 18.8 Å². The van der Waals surface area contributed by atoms with E-state index in [1.807, 2.05) is 48.6 Å². The molecule has 1 aromatic carbocycles. The summed E-state index contributed by atoms with van der Waals surface area (Å²) in [4.78, 5) is 14.8. The Morgan fingerprint density at radius 3 is 2.75 bits per heavy atom. The van der Waals surface area contributed by atoms with Crippen LogP contribution in [0, 0.1) is 25.2 Å². The standard InChI is InChI=1S/C24H30N4O4/c1-16-17(2)28(14-19-5-4-8-30-19)24(20(16)12-25)26-23(29)15-27(3)13-18-6-7-21-22(11-18)32-10-9-31-21/h6-7,11,19H,4-5,8-10,13-15H2,1-3H3,(H,26,29). The second-order valence-electron chi connectivity index (χ2n) is 8.49. The lowest BCUT2D eigenvalue weighted by molar-refractivity contribution is -0.117. The van der Waals surface area contributed by atoms with Crippen LogP contribution in [0.3, 0.4) is 0 Å². The van der Waals surface area contributed by atoms with Gasteiger partial charge in [0.2, 0.25) is 5.91 Å². The van der Waals surface area contributed by atoms with Crippen LogP contribution in [0.2, 0.25) is 0 Å². The molecule has 1 saturated heterocycles. The van der Waals surface area contributed by atoms with Gasteiger partial charge in [-0.3, -0.25) is 9.69 Å². The van der Waals surface area contributed by atoms with Crippen molar-refractivity contribution in [3.8, 4) is 17.6 Å². The van der Waals surface area contributed by atoms with Crippen molar-refractivity contribution in [2.24, 2.45) is 0 Å². The molecule has 2 aromatic rings. The van der Waals surface area contributed by atoms with Crippen molar-refractivity contribution in [2.75, 3.05) is 38.7 Å². The van der Waals surface area contributed by atoms with Crippen LogP contribution >= 0.6 is 0 Å². The lowest BCUT2D eigenvalue weighted by atomic mass is 10.2. The Morgan fingerprint density at radius 2 is 2.03 bits per heavy atom. The third-order valence-corrected chi connectivity index (χ3v) is 6.08. The van der Waals surface area contributed by atoms with Gasteiger partial charge in [0.05, 0.1) is 24.8 Å². The van der Waals surface area contributed by atoms with E-state index in [1.54, 1.807) is 0 Å². The highest BCUT2D eigenvalue weighted by atomic mass is 16.6. The van der Waals surface area contributed by atoms with Gasteiger partial charge in [0.25, 0.3) is 0 Å². The molecule has 32 heavy (non-hydrogen) atoms. The van der Waals surface area contributed by atoms with Crippen LogP contribution in [0.4, 0.5) is 5.82 Å². The number of ether oxygens (including phenoxy) is 3. The third kappa shape index (κ3) is 4.74. The molecule has 1 fully saturated rings. The van der Waals surface area contributed by atoms with E-state index in [1.165, 1.54) is 0 Å². The predicted molar refractivity (Wildman–Crippen MR) is 120 cm³/mol. The number of amides is 1. The number of nitrogens with one attached hydrogen (secondary N) is 1. The number of hydrogen-bond donors (Lipinski definition) is 1. The predicted octanol–water partition coefficient (Wildman–Crippen LogP) is 3.00. The van der Waals surface area contributed by atoms with Gasteiger partial charge < -0.3 is 24.1 Å². The summed E-state index contributed by atoms with van der Waals surface area (Å²) in [7, 11) is 1.89. The van der Waals surface area contributed by atoms with Crippen molar-refractivity contribution >= 4 is 11.7 Å². The minimum absolute atomic E-state index is 0.112. The van der Waals surface area contributed by atoms with Gasteiger partial charge in [-0.2, -0.15) is 5.26 Å². The van der Waals surface area contributed by atoms with Crippen molar-refractivity contribution in [2.45, 2.75) is 45.9 Å². The molecule has 170 valence electrons. The number of anilines is 1. The maximum Gasteiger partial charge on any atom is 0.239 e. The number of rotatable bonds is 7. The summed E-state index contributed by atoms with van der Waals surface area (Å²) in [5.74, 6) is 1.90. The van der Waals surface area contributed by atoms with Crippen LogP contribution in [-0.4, -0.2) is 54.9 Å². The third-order valence-electron chi connectivity index (χ3n) is 6.08. The molecule has 1 atom stereocenters. The number of benzene rings is 1. The summed E-state index contributed by atoms with van der Waals surface area (Å²) in [6.07, 6.45) is 2.15. The van der Waals surface area contributed by atoms with E-state index >= 15 is 0 Å². The van der Waals surface area contributed by atoms with Crippen molar-refractivity contribution in [1.29, 1.82) is 5.26 Å². The lowest BCUT2D eigenvalue weighted by Gasteiger charge is -2.21. The summed E-state index contributed by atoms with van der Waals surface area (Å²) in [5.41, 5.74) is 3.43. The summed E-state index contributed by atoms with van der Waals surface area (Å²) in [6, 6.07) is 8.10. The quantitative estimate of drug-likeness (QED) is 0.715. The molecular formula is C24H30N4O4. The Labute approximate surface area is 188 Å². The van der Waals surface area contributed by atoms with Crippen LogP contribution in [0.1, 0.15) is 35.2 Å². The molecule has 0 saturated carbocycles. The van der Waals surface area contributed by atoms with Crippen molar-refractivity contribution < 1.29 is 19.0 Å². The number of carbonyl (C=O) groups is 1. The lowest BCUT2D eigenvalue weighted by Crippen LogP contribution is -2.31. The van der Waals surface area contributed by atoms with Crippen LogP contribution < -0.4 is 14.8 Å². The van der Waals surface area contributed by atoms with E-state index in [2.05, 4.69) is 11.4 Å². The summed E-state index contributed by atoms with van der Waals surface area (Å²) >= 11 is 0. The highest BCUT2D eigenvalue weighted by Gasteiger charge is 2.24. The summed E-state index contributed by atoms with van der Waals surface area (Å²) in [5, 5.41) is 12.7. The van der Waals surface area contributed by atoms with Crippen molar-refractivity contribution in [3.63, 3.8) is 0 Å². The first kappa shape index (κ1) is 22.2. The minimum Gasteiger partial charge on any atom is -0.486 e. The Bertz CT molecular complexity index is 1030. The number of hydrogen-bond acceptors (Lipinski definition) is 6. The highest BCUT2D eigenvalue weighted by molar-refractivity contribution is 5.93. The minimum atomic E-state index is -0.160. The molecule has 1 N–H and O–H groups in total. The van der Waals surface area contributed by atoms with Crippen molar-refractivity contribution in [3.05, 3.63) is 40.6 Å². The van der Waals surface area contributed by atoms with E-state index in [0.717, 1.165) is 47.8 Å². The van der Waals surface area contributed by atoms with Crippen molar-refractivity contribution in [1.82, 2.24) is 9.47 Å². The van der Waals surface area contributed by atoms with E-state index < -0.39 is 0 Å². The molecule has 4 rings (SSSR count). The molecule has 1 aromatic heterocycles. The molecule has 0 aliphatic carbocycles. The van der Waals surface area contributed by atoms with Gasteiger partial charge in [-0.05, 0) is 57.0 Å². The average Bonchev–Trinajstić information content (AvgIpc) is 3.36. The number of aromatic nitrogens is 1. The molecule has 8 nitrogen and oxygen atoms in total. The molecule has 0 radical (unpaired) electrons. The fourth-order valence-corrected chi connectivity index (χ4v) is 4.32. The van der Waals surface area contributed by atoms with Gasteiger partial charge in [-0.15, -0.1) is 0 Å². The van der Waals surface area contributed by atoms with Gasteiger partial charge in [-0.1, -0.05) is 6.07 Å². The zero-order valence-electron chi connectivity index (χ0n) is 18.9. The van der Waals surface area contributed by atoms with Crippen LogP contribution in [0.5, 0.6) is 11.5 Å². The largest absolute Gasteiger partial charge is 0.486 e. The maximum atomic E-state index is 12.9. The van der Waals surface area contributed by atoms with Crippen LogP contribution in [0.25, 0.3) is 0 Å². The number of nitrogens with zero attached hydrogens (tertiary/aromatic N) is 3. The summed E-state index contributed by atoms with van der Waals surface area (Å²) in [6.45, 7) is 7.19. The van der Waals surface area contributed by atoms with E-state index in [4.69, 9.17) is 14.2 Å². The monoisotopic (exact) mass is 438 g/mol. The molecule has 0 spiro atoms. The fraction of sp³-hybridized carbons (Fsp3) is 0.500. The highest BCUT2D eigenvalue weighted by Crippen LogP contribution is 2.31. The molecule has 0 bridgehead atoms. The van der Waals surface area contributed by atoms with Gasteiger partial charge in [0.1, 0.15) is 25.1 Å². The Balaban J connectivity index is 1.43. The first-order valence-electron chi connectivity index (χ1n) is 11.0. The molecule has 2 aliphatic heterocycles. The number of fused-ring (bicyclic) bond motifs is 1. The summed E-state index contributed by atoms with van der Waals surface area (Å²) < 4.78 is 19.0. The first-order valence-corrected chi connectivity index (χ1v) is 11.0. The van der Waals surface area contributed by atoms with E-state index in [0.29, 0.717) is 37.7 Å². The zero-order chi connectivity index (χ0) is 22.7. The zero-order valence-corrected chi connectivity index (χ0v) is 18.9. The molecule has 1 amide bonds. The fourth-order valence-electron chi connectivity index (χ4n) is 4.32. The van der Waals surface area contributed by atoms with Gasteiger partial charge in [-0.25, -0.2) is 0 Å². The van der Waals surface area contributed by atoms with Crippen LogP contribution in [-0.2, 0) is 22.6 Å². The maximum absolute atomic E-state index is 12.9. The Morgan fingerprint density at radius 1 is 1.25 bits per heavy atom. The molecule has 8 heteroatoms. The van der Waals surface area contributed by atoms with E-state index in [9.17, 15) is 10.1 Å². The number of nitriles is 1. The second-order valence-corrected chi connectivity index (χ2v) is 8.49. The Hall–Kier alpha value is -3.02. The Kier molecular flexibility index (Phi) is 6.68. The first-order chi connectivity index (χ1) is 15.5. The van der Waals surface area contributed by atoms with Gasteiger partial charge in [0.15, 0.2) is 11.5 Å². The number of carbonyl (C=O) groups excluding carboxylic acids is 1. The molecule has 2 aliphatic rings. The van der Waals surface area contributed by atoms with E-state index in [-0.39, 0.29) is 18.6 Å². The second kappa shape index (κ2) is 9.63. The molecular weight excluding hydrogens is 408 g/mol. The average molecular weight is 439 g/mol. The number of likely N-dealkylation sites (N-methyl/N-ethyl adjacent to an activating group) is 1. The van der Waals surface area contributed by atoms with Gasteiger partial charge >= 0.3 is 0 Å². The topological polar surface area (TPSA) is 88.8 Å². The molecule has 1 unspecified atom stereocenters. The SMILES string of the molecule is Cc1c(C#N)c(NC(=O)CN(C)Cc2ccc3c(c2)OCCO3)n(CC2CCCO2)c1C. The smallest absolute Gasteiger partial charge is 0.239 e. The normalized spacial score (nSPS) is 17.4.